The summed E-state index contributed by atoms with van der Waals surface area (Å²) in [6.45, 7) is 1.58. The number of hydrogen-bond donors (Lipinski definition) is 2. The lowest BCUT2D eigenvalue weighted by atomic mass is 10.3. The second-order valence-corrected chi connectivity index (χ2v) is 5.22. The molecule has 0 radical (unpaired) electrons. The van der Waals surface area contributed by atoms with E-state index < -0.39 is 4.92 Å². The summed E-state index contributed by atoms with van der Waals surface area (Å²) in [7, 11) is 1.66. The van der Waals surface area contributed by atoms with Crippen LogP contribution in [0.5, 0.6) is 0 Å². The highest BCUT2D eigenvalue weighted by molar-refractivity contribution is 14.1. The van der Waals surface area contributed by atoms with Gasteiger partial charge in [0.2, 0.25) is 11.8 Å². The fourth-order valence-corrected chi connectivity index (χ4v) is 2.23. The van der Waals surface area contributed by atoms with Crippen LogP contribution in [0.1, 0.15) is 5.69 Å². The van der Waals surface area contributed by atoms with Gasteiger partial charge in [-0.3, -0.25) is 10.1 Å². The van der Waals surface area contributed by atoms with E-state index >= 15 is 0 Å². The molecule has 0 unspecified atom stereocenters. The third kappa shape index (κ3) is 3.13. The molecule has 0 bridgehead atoms. The molecule has 0 atom stereocenters. The molecule has 104 valence electrons. The SMILES string of the molecule is CNc1nc(C)c([N+](=O)[O-])c(Nc2cccc(I)c2)n1. The van der Waals surface area contributed by atoms with Crippen LogP contribution >= 0.6 is 22.6 Å². The number of aryl methyl sites for hydroxylation is 1. The van der Waals surface area contributed by atoms with Gasteiger partial charge in [-0.1, -0.05) is 6.07 Å². The summed E-state index contributed by atoms with van der Waals surface area (Å²) in [6, 6.07) is 7.50. The zero-order valence-electron chi connectivity index (χ0n) is 10.8. The van der Waals surface area contributed by atoms with Crippen molar-refractivity contribution in [2.24, 2.45) is 0 Å². The molecule has 2 aromatic rings. The molecular formula is C12H12IN5O2. The standard InChI is InChI=1S/C12H12IN5O2/c1-7-10(18(19)20)11(17-12(14-2)15-7)16-9-5-3-4-8(13)6-9/h3-6H,1-2H3,(H2,14,15,16,17). The van der Waals surface area contributed by atoms with Gasteiger partial charge >= 0.3 is 5.69 Å². The van der Waals surface area contributed by atoms with Crippen LogP contribution in [-0.2, 0) is 0 Å². The van der Waals surface area contributed by atoms with E-state index in [1.165, 1.54) is 0 Å². The molecule has 2 N–H and O–H groups in total. The van der Waals surface area contributed by atoms with Crippen molar-refractivity contribution in [3.8, 4) is 0 Å². The molecule has 20 heavy (non-hydrogen) atoms. The molecule has 1 heterocycles. The van der Waals surface area contributed by atoms with Crippen LogP contribution < -0.4 is 10.6 Å². The number of nitro groups is 1. The van der Waals surface area contributed by atoms with E-state index in [-0.39, 0.29) is 11.5 Å². The lowest BCUT2D eigenvalue weighted by Gasteiger charge is -2.09. The summed E-state index contributed by atoms with van der Waals surface area (Å²) in [5.41, 5.74) is 0.922. The maximum Gasteiger partial charge on any atom is 0.332 e. The van der Waals surface area contributed by atoms with Gasteiger partial charge < -0.3 is 10.6 Å². The first-order chi connectivity index (χ1) is 9.51. The highest BCUT2D eigenvalue weighted by Gasteiger charge is 2.22. The Kier molecular flexibility index (Phi) is 4.32. The minimum absolute atomic E-state index is 0.122. The molecule has 2 rings (SSSR count). The number of benzene rings is 1. The molecule has 0 saturated carbocycles. The third-order valence-electron chi connectivity index (χ3n) is 2.55. The molecule has 0 fully saturated rings. The third-order valence-corrected chi connectivity index (χ3v) is 3.22. The van der Waals surface area contributed by atoms with Crippen molar-refractivity contribution < 1.29 is 4.92 Å². The topological polar surface area (TPSA) is 93.0 Å². The van der Waals surface area contributed by atoms with Gasteiger partial charge in [-0.15, -0.1) is 0 Å². The lowest BCUT2D eigenvalue weighted by molar-refractivity contribution is -0.385. The van der Waals surface area contributed by atoms with Crippen molar-refractivity contribution in [1.29, 1.82) is 0 Å². The quantitative estimate of drug-likeness (QED) is 0.478. The highest BCUT2D eigenvalue weighted by atomic mass is 127. The van der Waals surface area contributed by atoms with E-state index in [1.54, 1.807) is 14.0 Å². The van der Waals surface area contributed by atoms with Crippen LogP contribution in [-0.4, -0.2) is 21.9 Å². The van der Waals surface area contributed by atoms with Crippen LogP contribution in [0, 0.1) is 20.6 Å². The first kappa shape index (κ1) is 14.4. The predicted octanol–water partition coefficient (Wildman–Crippen LogP) is 3.08. The highest BCUT2D eigenvalue weighted by Crippen LogP contribution is 2.29. The first-order valence-electron chi connectivity index (χ1n) is 5.74. The number of aromatic nitrogens is 2. The Balaban J connectivity index is 2.48. The Morgan fingerprint density at radius 2 is 2.10 bits per heavy atom. The summed E-state index contributed by atoms with van der Waals surface area (Å²) in [5, 5.41) is 16.9. The van der Waals surface area contributed by atoms with E-state index in [9.17, 15) is 10.1 Å². The molecule has 0 aliphatic carbocycles. The van der Waals surface area contributed by atoms with E-state index in [2.05, 4.69) is 43.2 Å². The minimum Gasteiger partial charge on any atom is -0.357 e. The number of anilines is 3. The van der Waals surface area contributed by atoms with Crippen LogP contribution in [0.15, 0.2) is 24.3 Å². The maximum absolute atomic E-state index is 11.2. The van der Waals surface area contributed by atoms with E-state index in [4.69, 9.17) is 0 Å². The van der Waals surface area contributed by atoms with Crippen molar-refractivity contribution in [3.63, 3.8) is 0 Å². The average molecular weight is 385 g/mol. The van der Waals surface area contributed by atoms with E-state index in [1.807, 2.05) is 24.3 Å². The molecule has 1 aromatic carbocycles. The molecule has 0 spiro atoms. The summed E-state index contributed by atoms with van der Waals surface area (Å²) in [4.78, 5) is 18.8. The number of rotatable bonds is 4. The number of hydrogen-bond acceptors (Lipinski definition) is 6. The molecule has 0 aliphatic rings. The van der Waals surface area contributed by atoms with Gasteiger partial charge in [-0.2, -0.15) is 4.98 Å². The molecule has 0 saturated heterocycles. The monoisotopic (exact) mass is 385 g/mol. The molecule has 8 heteroatoms. The summed E-state index contributed by atoms with van der Waals surface area (Å²) in [6.07, 6.45) is 0. The zero-order valence-corrected chi connectivity index (χ0v) is 13.0. The van der Waals surface area contributed by atoms with Crippen LogP contribution in [0.4, 0.5) is 23.1 Å². The maximum atomic E-state index is 11.2. The van der Waals surface area contributed by atoms with Gasteiger partial charge in [0, 0.05) is 16.3 Å². The van der Waals surface area contributed by atoms with Gasteiger partial charge in [0.25, 0.3) is 0 Å². The molecule has 0 amide bonds. The Bertz CT molecular complexity index is 662. The Morgan fingerprint density at radius 3 is 2.70 bits per heavy atom. The van der Waals surface area contributed by atoms with Gasteiger partial charge in [0.1, 0.15) is 5.69 Å². The number of halogens is 1. The second kappa shape index (κ2) is 5.99. The first-order valence-corrected chi connectivity index (χ1v) is 6.82. The van der Waals surface area contributed by atoms with Gasteiger partial charge in [-0.05, 0) is 47.7 Å². The summed E-state index contributed by atoms with van der Waals surface area (Å²) in [5.74, 6) is 0.509. The Morgan fingerprint density at radius 1 is 1.35 bits per heavy atom. The van der Waals surface area contributed by atoms with Crippen molar-refractivity contribution in [3.05, 3.63) is 43.6 Å². The van der Waals surface area contributed by atoms with Crippen LogP contribution in [0.2, 0.25) is 0 Å². The predicted molar refractivity (Wildman–Crippen MR) is 85.4 cm³/mol. The van der Waals surface area contributed by atoms with Crippen molar-refractivity contribution in [2.75, 3.05) is 17.7 Å². The molecule has 0 aliphatic heterocycles. The molecular weight excluding hydrogens is 373 g/mol. The molecule has 1 aromatic heterocycles. The van der Waals surface area contributed by atoms with Crippen LogP contribution in [0.3, 0.4) is 0 Å². The Labute approximate surface area is 129 Å². The normalized spacial score (nSPS) is 10.2. The second-order valence-electron chi connectivity index (χ2n) is 3.97. The summed E-state index contributed by atoms with van der Waals surface area (Å²) >= 11 is 2.17. The summed E-state index contributed by atoms with van der Waals surface area (Å²) < 4.78 is 1.02. The smallest absolute Gasteiger partial charge is 0.332 e. The van der Waals surface area contributed by atoms with Crippen molar-refractivity contribution in [1.82, 2.24) is 9.97 Å². The Hall–Kier alpha value is -1.97. The van der Waals surface area contributed by atoms with Crippen molar-refractivity contribution in [2.45, 2.75) is 6.92 Å². The lowest BCUT2D eigenvalue weighted by Crippen LogP contribution is -2.07. The van der Waals surface area contributed by atoms with E-state index in [0.29, 0.717) is 11.6 Å². The number of nitrogens with zero attached hydrogens (tertiary/aromatic N) is 3. The number of nitrogens with one attached hydrogen (secondary N) is 2. The fraction of sp³-hybridized carbons (Fsp3) is 0.167. The average Bonchev–Trinajstić information content (AvgIpc) is 2.37. The largest absolute Gasteiger partial charge is 0.357 e. The zero-order chi connectivity index (χ0) is 14.7. The fourth-order valence-electron chi connectivity index (χ4n) is 1.69. The van der Waals surface area contributed by atoms with Crippen LogP contribution in [0.25, 0.3) is 0 Å². The minimum atomic E-state index is -0.481. The van der Waals surface area contributed by atoms with Crippen molar-refractivity contribution >= 4 is 45.7 Å². The van der Waals surface area contributed by atoms with Gasteiger partial charge in [-0.25, -0.2) is 4.98 Å². The molecule has 7 nitrogen and oxygen atoms in total. The van der Waals surface area contributed by atoms with E-state index in [0.717, 1.165) is 9.26 Å². The van der Waals surface area contributed by atoms with Gasteiger partial charge in [0.15, 0.2) is 0 Å². The van der Waals surface area contributed by atoms with Gasteiger partial charge in [0.05, 0.1) is 4.92 Å².